The van der Waals surface area contributed by atoms with Crippen LogP contribution in [-0.4, -0.2) is 56.4 Å². The van der Waals surface area contributed by atoms with Crippen LogP contribution in [0.3, 0.4) is 0 Å². The average molecular weight is 470 g/mol. The summed E-state index contributed by atoms with van der Waals surface area (Å²) in [5.74, 6) is 0.424. The zero-order valence-electron chi connectivity index (χ0n) is 16.3. The van der Waals surface area contributed by atoms with Crippen LogP contribution in [0.15, 0.2) is 18.6 Å². The van der Waals surface area contributed by atoms with Crippen molar-refractivity contribution in [3.63, 3.8) is 0 Å². The normalized spacial score (nSPS) is 18.9. The van der Waals surface area contributed by atoms with Gasteiger partial charge in [-0.1, -0.05) is 23.2 Å². The first kappa shape index (κ1) is 20.0. The van der Waals surface area contributed by atoms with E-state index in [2.05, 4.69) is 25.0 Å². The number of sulfonamides is 1. The molecule has 3 aromatic heterocycles. The minimum absolute atomic E-state index is 0.0883. The fourth-order valence-corrected chi connectivity index (χ4v) is 5.18. The van der Waals surface area contributed by atoms with Crippen LogP contribution in [0.1, 0.15) is 37.8 Å². The van der Waals surface area contributed by atoms with Gasteiger partial charge in [0.25, 0.3) is 0 Å². The lowest BCUT2D eigenvalue weighted by Gasteiger charge is -2.30. The highest BCUT2D eigenvalue weighted by Gasteiger charge is 2.28. The first-order valence-corrected chi connectivity index (χ1v) is 12.4. The number of anilines is 2. The molecule has 0 amide bonds. The second kappa shape index (κ2) is 7.37. The summed E-state index contributed by atoms with van der Waals surface area (Å²) in [5.41, 5.74) is 1.41. The summed E-state index contributed by atoms with van der Waals surface area (Å²) in [4.78, 5) is 9.01. The summed E-state index contributed by atoms with van der Waals surface area (Å²) in [7, 11) is -3.16. The molecule has 0 radical (unpaired) electrons. The molecule has 0 atom stereocenters. The predicted octanol–water partition coefficient (Wildman–Crippen LogP) is 3.61. The monoisotopic (exact) mass is 469 g/mol. The van der Waals surface area contributed by atoms with E-state index in [-0.39, 0.29) is 6.04 Å². The molecule has 160 valence electrons. The van der Waals surface area contributed by atoms with Gasteiger partial charge in [0.15, 0.2) is 5.15 Å². The zero-order valence-corrected chi connectivity index (χ0v) is 18.6. The maximum Gasteiger partial charge on any atom is 0.229 e. The van der Waals surface area contributed by atoms with Crippen molar-refractivity contribution in [1.82, 2.24) is 28.6 Å². The minimum atomic E-state index is -3.16. The molecule has 3 aromatic rings. The van der Waals surface area contributed by atoms with Gasteiger partial charge in [-0.25, -0.2) is 17.7 Å². The third-order valence-electron chi connectivity index (χ3n) is 5.66. The number of fused-ring (bicyclic) bond motifs is 1. The Hall–Kier alpha value is -1.88. The molecule has 4 heterocycles. The van der Waals surface area contributed by atoms with Gasteiger partial charge in [-0.15, -0.1) is 0 Å². The summed E-state index contributed by atoms with van der Waals surface area (Å²) in [6.45, 7) is 0.949. The van der Waals surface area contributed by atoms with Crippen molar-refractivity contribution in [3.05, 3.63) is 28.8 Å². The number of halogens is 2. The van der Waals surface area contributed by atoms with E-state index in [1.54, 1.807) is 10.9 Å². The fraction of sp³-hybridized carbons (Fsp3) is 0.500. The lowest BCUT2D eigenvalue weighted by atomic mass is 10.1. The van der Waals surface area contributed by atoms with Crippen molar-refractivity contribution in [3.8, 4) is 0 Å². The van der Waals surface area contributed by atoms with E-state index in [0.717, 1.165) is 23.9 Å². The lowest BCUT2D eigenvalue weighted by Crippen LogP contribution is -2.38. The Morgan fingerprint density at radius 2 is 1.83 bits per heavy atom. The van der Waals surface area contributed by atoms with Crippen LogP contribution in [0.25, 0.3) is 11.0 Å². The SMILES string of the molecule is CS(=O)(=O)N1CCC(n2cc(Nc3ncc4c(Cl)cn(C5CC5)c4n3)c(Cl)n2)CC1. The van der Waals surface area contributed by atoms with Crippen LogP contribution in [0.5, 0.6) is 0 Å². The molecule has 0 spiro atoms. The lowest BCUT2D eigenvalue weighted by molar-refractivity contribution is 0.262. The van der Waals surface area contributed by atoms with Crippen molar-refractivity contribution in [2.75, 3.05) is 24.7 Å². The number of nitrogens with one attached hydrogen (secondary N) is 1. The molecule has 1 aliphatic carbocycles. The third-order valence-corrected chi connectivity index (χ3v) is 7.55. The Balaban J connectivity index is 1.35. The predicted molar refractivity (Wildman–Crippen MR) is 116 cm³/mol. The average Bonchev–Trinajstić information content (AvgIpc) is 3.42. The summed E-state index contributed by atoms with van der Waals surface area (Å²) < 4.78 is 28.8. The molecule has 30 heavy (non-hydrogen) atoms. The first-order chi connectivity index (χ1) is 14.3. The van der Waals surface area contributed by atoms with Gasteiger partial charge in [0.05, 0.1) is 34.6 Å². The van der Waals surface area contributed by atoms with Gasteiger partial charge in [0.2, 0.25) is 16.0 Å². The van der Waals surface area contributed by atoms with E-state index in [0.29, 0.717) is 53.8 Å². The second-order valence-corrected chi connectivity index (χ2v) is 10.6. The minimum Gasteiger partial charge on any atom is -0.328 e. The molecule has 1 N–H and O–H groups in total. The Labute approximate surface area is 184 Å². The Morgan fingerprint density at radius 1 is 1.10 bits per heavy atom. The Bertz CT molecular complexity index is 1210. The van der Waals surface area contributed by atoms with Gasteiger partial charge < -0.3 is 9.88 Å². The third kappa shape index (κ3) is 3.77. The summed E-state index contributed by atoms with van der Waals surface area (Å²) in [6.07, 6.45) is 10.3. The molecular formula is C18H21Cl2N7O2S. The van der Waals surface area contributed by atoms with E-state index in [4.69, 9.17) is 23.2 Å². The maximum absolute atomic E-state index is 11.7. The molecule has 5 rings (SSSR count). The summed E-state index contributed by atoms with van der Waals surface area (Å²) in [6, 6.07) is 0.539. The fourth-order valence-electron chi connectivity index (χ4n) is 3.88. The summed E-state index contributed by atoms with van der Waals surface area (Å²) >= 11 is 12.7. The number of hydrogen-bond donors (Lipinski definition) is 1. The first-order valence-electron chi connectivity index (χ1n) is 9.79. The molecular weight excluding hydrogens is 449 g/mol. The molecule has 0 bridgehead atoms. The molecule has 9 nitrogen and oxygen atoms in total. The van der Waals surface area contributed by atoms with Gasteiger partial charge in [0, 0.05) is 31.5 Å². The van der Waals surface area contributed by atoms with Crippen LogP contribution >= 0.6 is 23.2 Å². The van der Waals surface area contributed by atoms with Crippen LogP contribution < -0.4 is 5.32 Å². The van der Waals surface area contributed by atoms with Gasteiger partial charge in [-0.05, 0) is 25.7 Å². The van der Waals surface area contributed by atoms with E-state index in [1.807, 2.05) is 12.4 Å². The van der Waals surface area contributed by atoms with Crippen molar-refractivity contribution in [2.45, 2.75) is 37.8 Å². The molecule has 1 saturated carbocycles. The highest BCUT2D eigenvalue weighted by Crippen LogP contribution is 2.39. The smallest absolute Gasteiger partial charge is 0.229 e. The number of hydrogen-bond acceptors (Lipinski definition) is 6. The molecule has 2 aliphatic rings. The van der Waals surface area contributed by atoms with Gasteiger partial charge in [-0.3, -0.25) is 4.68 Å². The molecule has 2 fully saturated rings. The highest BCUT2D eigenvalue weighted by molar-refractivity contribution is 7.88. The summed E-state index contributed by atoms with van der Waals surface area (Å²) in [5, 5.41) is 9.36. The van der Waals surface area contributed by atoms with Gasteiger partial charge in [-0.2, -0.15) is 10.1 Å². The largest absolute Gasteiger partial charge is 0.328 e. The molecule has 12 heteroatoms. The van der Waals surface area contributed by atoms with Crippen molar-refractivity contribution in [2.24, 2.45) is 0 Å². The van der Waals surface area contributed by atoms with Crippen LogP contribution in [-0.2, 0) is 10.0 Å². The Morgan fingerprint density at radius 3 is 2.50 bits per heavy atom. The molecule has 1 saturated heterocycles. The van der Waals surface area contributed by atoms with Crippen molar-refractivity contribution in [1.29, 1.82) is 0 Å². The topological polar surface area (TPSA) is 97.9 Å². The maximum atomic E-state index is 11.7. The van der Waals surface area contributed by atoms with Gasteiger partial charge in [0.1, 0.15) is 5.65 Å². The van der Waals surface area contributed by atoms with Crippen molar-refractivity contribution < 1.29 is 8.42 Å². The number of rotatable bonds is 5. The zero-order chi connectivity index (χ0) is 21.0. The van der Waals surface area contributed by atoms with Gasteiger partial charge >= 0.3 is 0 Å². The molecule has 1 aliphatic heterocycles. The van der Waals surface area contributed by atoms with E-state index in [1.165, 1.54) is 10.6 Å². The Kier molecular flexibility index (Phi) is 4.92. The molecule has 0 aromatic carbocycles. The standard InChI is InChI=1S/C18H21Cl2N7O2S/c1-30(28,29)25-6-4-12(5-7-25)27-10-15(16(20)24-27)22-18-21-8-13-14(19)9-26(11-2-3-11)17(13)23-18/h8-12H,2-7H2,1H3,(H,21,22,23). The number of nitrogens with zero attached hydrogens (tertiary/aromatic N) is 6. The van der Waals surface area contributed by atoms with E-state index < -0.39 is 10.0 Å². The van der Waals surface area contributed by atoms with E-state index in [9.17, 15) is 8.42 Å². The van der Waals surface area contributed by atoms with Crippen LogP contribution in [0.4, 0.5) is 11.6 Å². The number of piperidine rings is 1. The molecule has 0 unspecified atom stereocenters. The highest BCUT2D eigenvalue weighted by atomic mass is 35.5. The van der Waals surface area contributed by atoms with Crippen LogP contribution in [0.2, 0.25) is 10.2 Å². The second-order valence-electron chi connectivity index (χ2n) is 7.88. The van der Waals surface area contributed by atoms with Crippen molar-refractivity contribution >= 4 is 55.9 Å². The quantitative estimate of drug-likeness (QED) is 0.612. The van der Waals surface area contributed by atoms with Crippen LogP contribution in [0, 0.1) is 0 Å². The number of aromatic nitrogens is 5. The van der Waals surface area contributed by atoms with E-state index >= 15 is 0 Å².